The summed E-state index contributed by atoms with van der Waals surface area (Å²) in [6.45, 7) is 2.94. The molecule has 2 rings (SSSR count). The number of carbonyl (C=O) groups is 1. The Hall–Kier alpha value is -2.43. The first-order valence-electron chi connectivity index (χ1n) is 7.58. The van der Waals surface area contributed by atoms with E-state index in [0.717, 1.165) is 0 Å². The number of allylic oxidation sites excluding steroid dienone is 3. The summed E-state index contributed by atoms with van der Waals surface area (Å²) in [5.41, 5.74) is 0.130. The molecule has 1 aromatic rings. The van der Waals surface area contributed by atoms with Crippen LogP contribution in [0.3, 0.4) is 0 Å². The van der Waals surface area contributed by atoms with Crippen LogP contribution in [0.4, 0.5) is 0 Å². The zero-order valence-electron chi connectivity index (χ0n) is 13.4. The molecule has 1 heterocycles. The standard InChI is InChI=1S/C17H19N3O3S/c1-2-3-4-9-17(21)19-10-12-20(13-11-19)24(22,23)16-8-6-5-7-15(16)14-18/h2-9H,10-13H2,1H3. The van der Waals surface area contributed by atoms with Crippen LogP contribution < -0.4 is 0 Å². The molecule has 1 amide bonds. The highest BCUT2D eigenvalue weighted by atomic mass is 32.2. The minimum absolute atomic E-state index is 0.0141. The molecule has 1 saturated heterocycles. The second kappa shape index (κ2) is 7.90. The number of carbonyl (C=O) groups excluding carboxylic acids is 1. The van der Waals surface area contributed by atoms with Gasteiger partial charge in [0.25, 0.3) is 0 Å². The Morgan fingerprint density at radius 3 is 2.46 bits per heavy atom. The van der Waals surface area contributed by atoms with Gasteiger partial charge < -0.3 is 4.90 Å². The minimum Gasteiger partial charge on any atom is -0.337 e. The van der Waals surface area contributed by atoms with Gasteiger partial charge in [-0.25, -0.2) is 8.42 Å². The summed E-state index contributed by atoms with van der Waals surface area (Å²) in [6.07, 6.45) is 6.71. The van der Waals surface area contributed by atoms with Gasteiger partial charge in [-0.15, -0.1) is 0 Å². The van der Waals surface area contributed by atoms with Crippen molar-refractivity contribution in [3.8, 4) is 6.07 Å². The van der Waals surface area contributed by atoms with Gasteiger partial charge in [-0.1, -0.05) is 30.4 Å². The van der Waals surface area contributed by atoms with Crippen molar-refractivity contribution in [3.05, 3.63) is 54.1 Å². The quantitative estimate of drug-likeness (QED) is 0.612. The van der Waals surface area contributed by atoms with E-state index in [0.29, 0.717) is 13.1 Å². The number of hydrogen-bond donors (Lipinski definition) is 0. The molecule has 0 bridgehead atoms. The summed E-state index contributed by atoms with van der Waals surface area (Å²) >= 11 is 0. The van der Waals surface area contributed by atoms with Crippen molar-refractivity contribution in [2.24, 2.45) is 0 Å². The van der Waals surface area contributed by atoms with Crippen LogP contribution in [0.15, 0.2) is 53.5 Å². The maximum absolute atomic E-state index is 12.7. The van der Waals surface area contributed by atoms with Crippen LogP contribution in [0, 0.1) is 11.3 Å². The Labute approximate surface area is 142 Å². The highest BCUT2D eigenvalue weighted by Gasteiger charge is 2.31. The van der Waals surface area contributed by atoms with Gasteiger partial charge in [0.05, 0.1) is 10.5 Å². The third kappa shape index (κ3) is 3.91. The molecule has 126 valence electrons. The average molecular weight is 345 g/mol. The smallest absolute Gasteiger partial charge is 0.246 e. The summed E-state index contributed by atoms with van der Waals surface area (Å²) in [7, 11) is -3.73. The van der Waals surface area contributed by atoms with Crippen LogP contribution in [-0.2, 0) is 14.8 Å². The van der Waals surface area contributed by atoms with E-state index < -0.39 is 10.0 Å². The second-order valence-electron chi connectivity index (χ2n) is 5.22. The molecule has 1 aliphatic rings. The van der Waals surface area contributed by atoms with Crippen LogP contribution >= 0.6 is 0 Å². The van der Waals surface area contributed by atoms with Crippen LogP contribution in [-0.4, -0.2) is 49.7 Å². The van der Waals surface area contributed by atoms with Gasteiger partial charge in [-0.2, -0.15) is 9.57 Å². The van der Waals surface area contributed by atoms with Crippen molar-refractivity contribution in [3.63, 3.8) is 0 Å². The van der Waals surface area contributed by atoms with E-state index in [-0.39, 0.29) is 29.5 Å². The van der Waals surface area contributed by atoms with Crippen molar-refractivity contribution in [1.29, 1.82) is 5.26 Å². The molecule has 0 N–H and O–H groups in total. The lowest BCUT2D eigenvalue weighted by Crippen LogP contribution is -2.50. The summed E-state index contributed by atoms with van der Waals surface area (Å²) in [6, 6.07) is 8.06. The molecule has 0 radical (unpaired) electrons. The maximum atomic E-state index is 12.7. The Kier molecular flexibility index (Phi) is 5.90. The fraction of sp³-hybridized carbons (Fsp3) is 0.294. The van der Waals surface area contributed by atoms with Gasteiger partial charge in [0.15, 0.2) is 0 Å². The molecular formula is C17H19N3O3S. The van der Waals surface area contributed by atoms with Crippen LogP contribution in [0.1, 0.15) is 12.5 Å². The zero-order valence-corrected chi connectivity index (χ0v) is 14.2. The molecule has 7 heteroatoms. The normalized spacial score (nSPS) is 16.6. The molecule has 0 spiro atoms. The lowest BCUT2D eigenvalue weighted by molar-refractivity contribution is -0.127. The van der Waals surface area contributed by atoms with Gasteiger partial charge in [0.2, 0.25) is 15.9 Å². The Bertz CT molecular complexity index is 799. The number of hydrogen-bond acceptors (Lipinski definition) is 4. The van der Waals surface area contributed by atoms with E-state index in [2.05, 4.69) is 0 Å². The van der Waals surface area contributed by atoms with Crippen molar-refractivity contribution in [2.75, 3.05) is 26.2 Å². The number of sulfonamides is 1. The Balaban J connectivity index is 2.09. The molecule has 24 heavy (non-hydrogen) atoms. The van der Waals surface area contributed by atoms with Gasteiger partial charge in [-0.05, 0) is 19.1 Å². The highest BCUT2D eigenvalue weighted by molar-refractivity contribution is 7.89. The fourth-order valence-electron chi connectivity index (χ4n) is 2.43. The minimum atomic E-state index is -3.73. The van der Waals surface area contributed by atoms with Crippen molar-refractivity contribution < 1.29 is 13.2 Å². The second-order valence-corrected chi connectivity index (χ2v) is 7.13. The summed E-state index contributed by atoms with van der Waals surface area (Å²) in [5.74, 6) is -0.137. The molecule has 1 aromatic carbocycles. The van der Waals surface area contributed by atoms with Crippen molar-refractivity contribution in [1.82, 2.24) is 9.21 Å². The van der Waals surface area contributed by atoms with Gasteiger partial charge in [0, 0.05) is 32.3 Å². The summed E-state index contributed by atoms with van der Waals surface area (Å²) < 4.78 is 26.7. The van der Waals surface area contributed by atoms with Crippen LogP contribution in [0.2, 0.25) is 0 Å². The Morgan fingerprint density at radius 1 is 1.17 bits per heavy atom. The van der Waals surface area contributed by atoms with E-state index in [1.54, 1.807) is 29.2 Å². The maximum Gasteiger partial charge on any atom is 0.246 e. The average Bonchev–Trinajstić information content (AvgIpc) is 2.62. The third-order valence-electron chi connectivity index (χ3n) is 3.72. The first kappa shape index (κ1) is 17.9. The van der Waals surface area contributed by atoms with Crippen LogP contribution in [0.5, 0.6) is 0 Å². The predicted octanol–water partition coefficient (Wildman–Crippen LogP) is 1.52. The number of rotatable bonds is 4. The van der Waals surface area contributed by atoms with E-state index in [9.17, 15) is 13.2 Å². The summed E-state index contributed by atoms with van der Waals surface area (Å²) in [4.78, 5) is 13.6. The number of piperazine rings is 1. The number of amides is 1. The molecule has 1 aliphatic heterocycles. The molecule has 0 unspecified atom stereocenters. The predicted molar refractivity (Wildman–Crippen MR) is 90.4 cm³/mol. The van der Waals surface area contributed by atoms with E-state index >= 15 is 0 Å². The number of nitrogens with zero attached hydrogens (tertiary/aromatic N) is 3. The van der Waals surface area contributed by atoms with E-state index in [4.69, 9.17) is 5.26 Å². The van der Waals surface area contributed by atoms with Gasteiger partial charge in [0.1, 0.15) is 6.07 Å². The molecule has 6 nitrogen and oxygen atoms in total. The van der Waals surface area contributed by atoms with Crippen molar-refractivity contribution >= 4 is 15.9 Å². The fourth-order valence-corrected chi connectivity index (χ4v) is 3.99. The van der Waals surface area contributed by atoms with Gasteiger partial charge in [-0.3, -0.25) is 4.79 Å². The molecular weight excluding hydrogens is 326 g/mol. The topological polar surface area (TPSA) is 81.5 Å². The van der Waals surface area contributed by atoms with Crippen LogP contribution in [0.25, 0.3) is 0 Å². The van der Waals surface area contributed by atoms with E-state index in [1.807, 2.05) is 19.1 Å². The SMILES string of the molecule is CC=CC=CC(=O)N1CCN(S(=O)(=O)c2ccccc2C#N)CC1. The molecule has 0 atom stereocenters. The first-order valence-corrected chi connectivity index (χ1v) is 9.02. The van der Waals surface area contributed by atoms with Gasteiger partial charge >= 0.3 is 0 Å². The lowest BCUT2D eigenvalue weighted by Gasteiger charge is -2.33. The largest absolute Gasteiger partial charge is 0.337 e. The highest BCUT2D eigenvalue weighted by Crippen LogP contribution is 2.21. The van der Waals surface area contributed by atoms with Crippen molar-refractivity contribution in [2.45, 2.75) is 11.8 Å². The third-order valence-corrected chi connectivity index (χ3v) is 5.67. The molecule has 0 aromatic heterocycles. The monoisotopic (exact) mass is 345 g/mol. The zero-order chi connectivity index (χ0) is 17.6. The summed E-state index contributed by atoms with van der Waals surface area (Å²) in [5, 5.41) is 9.10. The number of benzene rings is 1. The molecule has 0 aliphatic carbocycles. The first-order chi connectivity index (χ1) is 11.5. The molecule has 0 saturated carbocycles. The Morgan fingerprint density at radius 2 is 1.83 bits per heavy atom. The number of nitriles is 1. The molecule has 1 fully saturated rings. The lowest BCUT2D eigenvalue weighted by atomic mass is 10.2. The van der Waals surface area contributed by atoms with E-state index in [1.165, 1.54) is 22.5 Å².